The first-order valence-corrected chi connectivity index (χ1v) is 11.1. The Bertz CT molecular complexity index is 1050. The quantitative estimate of drug-likeness (QED) is 0.265. The monoisotopic (exact) mass is 477 g/mol. The molecule has 14 nitrogen and oxygen atoms in total. The Morgan fingerprint density at radius 1 is 1.19 bits per heavy atom. The van der Waals surface area contributed by atoms with E-state index in [0.717, 1.165) is 30.9 Å². The zero-order chi connectivity index (χ0) is 24.2. The summed E-state index contributed by atoms with van der Waals surface area (Å²) >= 11 is 0. The first-order valence-electron chi connectivity index (χ1n) is 9.24. The Morgan fingerprint density at radius 3 is 2.38 bits per heavy atom. The molecule has 2 heterocycles. The number of nitrogens with zero attached hydrogens (tertiary/aromatic N) is 2. The molecule has 1 aliphatic rings. The van der Waals surface area contributed by atoms with Crippen LogP contribution < -0.4 is 11.4 Å². The minimum Gasteiger partial charge on any atom is -0.463 e. The Labute approximate surface area is 182 Å². The van der Waals surface area contributed by atoms with Gasteiger partial charge in [0.05, 0.1) is 12.9 Å². The number of nitrogen functional groups attached to an aromatic ring is 1. The second-order valence-corrected chi connectivity index (χ2v) is 8.26. The second kappa shape index (κ2) is 10.1. The van der Waals surface area contributed by atoms with Crippen LogP contribution in [0.4, 0.5) is 5.82 Å². The van der Waals surface area contributed by atoms with E-state index >= 15 is 0 Å². The molecule has 1 aromatic heterocycles. The normalized spacial score (nSPS) is 22.9. The highest BCUT2D eigenvalue weighted by Crippen LogP contribution is 2.34. The van der Waals surface area contributed by atoms with Gasteiger partial charge in [0.1, 0.15) is 30.2 Å². The predicted octanol–water partition coefficient (Wildman–Crippen LogP) is -1.26. The molecule has 0 aliphatic carbocycles. The SMILES string of the molecule is CCOC(=O)c1cn([C@@H]2O[C@H](COC(C)=O)[C@H](OS(C)(=O)=O)[C@H]2OC(C)=O)c(=O)nc1N. The average molecular weight is 477 g/mol. The van der Waals surface area contributed by atoms with Gasteiger partial charge >= 0.3 is 23.6 Å². The van der Waals surface area contributed by atoms with Crippen molar-refractivity contribution in [3.63, 3.8) is 0 Å². The maximum atomic E-state index is 12.5. The fourth-order valence-electron chi connectivity index (χ4n) is 2.93. The summed E-state index contributed by atoms with van der Waals surface area (Å²) in [5.41, 5.74) is 4.37. The smallest absolute Gasteiger partial charge is 0.351 e. The van der Waals surface area contributed by atoms with Gasteiger partial charge in [0.25, 0.3) is 10.1 Å². The van der Waals surface area contributed by atoms with E-state index in [9.17, 15) is 27.6 Å². The van der Waals surface area contributed by atoms with Gasteiger partial charge in [-0.15, -0.1) is 0 Å². The largest absolute Gasteiger partial charge is 0.463 e. The predicted molar refractivity (Wildman–Crippen MR) is 105 cm³/mol. The van der Waals surface area contributed by atoms with Crippen LogP contribution in [-0.4, -0.2) is 73.7 Å². The van der Waals surface area contributed by atoms with Gasteiger partial charge in [-0.05, 0) is 6.92 Å². The van der Waals surface area contributed by atoms with E-state index < -0.39 is 70.7 Å². The molecule has 15 heteroatoms. The van der Waals surface area contributed by atoms with Crippen LogP contribution in [0, 0.1) is 0 Å². The number of hydrogen-bond acceptors (Lipinski definition) is 13. The minimum absolute atomic E-state index is 0.0160. The molecule has 0 spiro atoms. The first-order chi connectivity index (χ1) is 14.8. The molecule has 0 amide bonds. The number of carbonyl (C=O) groups excluding carboxylic acids is 3. The summed E-state index contributed by atoms with van der Waals surface area (Å²) in [5.74, 6) is -2.84. The fraction of sp³-hybridized carbons (Fsp3) is 0.588. The number of esters is 3. The lowest BCUT2D eigenvalue weighted by molar-refractivity contribution is -0.155. The zero-order valence-corrected chi connectivity index (χ0v) is 18.5. The van der Waals surface area contributed by atoms with E-state index in [-0.39, 0.29) is 12.2 Å². The third-order valence-electron chi connectivity index (χ3n) is 4.07. The van der Waals surface area contributed by atoms with Crippen LogP contribution in [0.25, 0.3) is 0 Å². The van der Waals surface area contributed by atoms with E-state index in [0.29, 0.717) is 0 Å². The molecule has 1 aliphatic heterocycles. The molecule has 0 aromatic carbocycles. The maximum Gasteiger partial charge on any atom is 0.351 e. The Balaban J connectivity index is 2.57. The summed E-state index contributed by atoms with van der Waals surface area (Å²) in [6.45, 7) is 3.25. The number of rotatable bonds is 8. The van der Waals surface area contributed by atoms with Crippen LogP contribution in [0.5, 0.6) is 0 Å². The van der Waals surface area contributed by atoms with E-state index in [1.165, 1.54) is 0 Å². The summed E-state index contributed by atoms with van der Waals surface area (Å²) in [6.07, 6.45) is -4.02. The van der Waals surface area contributed by atoms with Gasteiger partial charge < -0.3 is 24.7 Å². The summed E-state index contributed by atoms with van der Waals surface area (Å²) in [7, 11) is -4.11. The molecule has 1 aromatic rings. The van der Waals surface area contributed by atoms with E-state index in [4.69, 9.17) is 28.9 Å². The van der Waals surface area contributed by atoms with Crippen molar-refractivity contribution in [2.75, 3.05) is 25.2 Å². The number of ether oxygens (including phenoxy) is 4. The molecule has 178 valence electrons. The van der Waals surface area contributed by atoms with Crippen molar-refractivity contribution in [1.29, 1.82) is 0 Å². The van der Waals surface area contributed by atoms with Crippen LogP contribution in [-0.2, 0) is 42.8 Å². The summed E-state index contributed by atoms with van der Waals surface area (Å²) < 4.78 is 50.0. The van der Waals surface area contributed by atoms with Crippen LogP contribution in [0.2, 0.25) is 0 Å². The Hall–Kier alpha value is -3.04. The Kier molecular flexibility index (Phi) is 7.92. The van der Waals surface area contributed by atoms with Gasteiger partial charge in [-0.3, -0.25) is 18.3 Å². The van der Waals surface area contributed by atoms with Gasteiger partial charge in [-0.25, -0.2) is 9.59 Å². The van der Waals surface area contributed by atoms with Crippen molar-refractivity contribution >= 4 is 33.8 Å². The molecule has 1 saturated heterocycles. The molecule has 2 rings (SSSR count). The Morgan fingerprint density at radius 2 is 1.84 bits per heavy atom. The molecule has 0 radical (unpaired) electrons. The molecule has 32 heavy (non-hydrogen) atoms. The lowest BCUT2D eigenvalue weighted by atomic mass is 10.1. The van der Waals surface area contributed by atoms with Crippen molar-refractivity contribution in [2.24, 2.45) is 0 Å². The van der Waals surface area contributed by atoms with E-state index in [1.807, 2.05) is 0 Å². The van der Waals surface area contributed by atoms with Gasteiger partial charge in [-0.2, -0.15) is 13.4 Å². The number of anilines is 1. The maximum absolute atomic E-state index is 12.5. The van der Waals surface area contributed by atoms with E-state index in [2.05, 4.69) is 4.98 Å². The van der Waals surface area contributed by atoms with Crippen LogP contribution >= 0.6 is 0 Å². The van der Waals surface area contributed by atoms with Crippen molar-refractivity contribution in [3.05, 3.63) is 22.2 Å². The highest BCUT2D eigenvalue weighted by molar-refractivity contribution is 7.86. The number of nitrogens with two attached hydrogens (primary N) is 1. The van der Waals surface area contributed by atoms with Crippen molar-refractivity contribution in [1.82, 2.24) is 9.55 Å². The molecule has 0 unspecified atom stereocenters. The zero-order valence-electron chi connectivity index (χ0n) is 17.7. The minimum atomic E-state index is -4.11. The van der Waals surface area contributed by atoms with Gasteiger partial charge in [0, 0.05) is 20.0 Å². The highest BCUT2D eigenvalue weighted by Gasteiger charge is 2.51. The molecule has 1 fully saturated rings. The molecule has 4 atom stereocenters. The third kappa shape index (κ3) is 6.24. The van der Waals surface area contributed by atoms with Gasteiger partial charge in [0.15, 0.2) is 12.3 Å². The topological polar surface area (TPSA) is 192 Å². The summed E-state index contributed by atoms with van der Waals surface area (Å²) in [6, 6.07) is 0. The number of hydrogen-bond donors (Lipinski definition) is 1. The number of carbonyl (C=O) groups is 3. The average Bonchev–Trinajstić information content (AvgIpc) is 2.95. The van der Waals surface area contributed by atoms with Gasteiger partial charge in [-0.1, -0.05) is 0 Å². The second-order valence-electron chi connectivity index (χ2n) is 6.66. The molecule has 2 N–H and O–H groups in total. The standard InChI is InChI=1S/C17H23N3O11S/c1-5-27-16(23)10-6-20(17(24)19-14(10)18)15-13(29-9(3)22)12(31-32(4,25)26)11(30-15)7-28-8(2)21/h6,11-13,15H,5,7H2,1-4H3,(H2,18,19,24)/t11-,12+,13-,15-/m1/s1. The van der Waals surface area contributed by atoms with Crippen molar-refractivity contribution in [2.45, 2.75) is 45.3 Å². The van der Waals surface area contributed by atoms with Crippen molar-refractivity contribution < 1.29 is 45.9 Å². The summed E-state index contributed by atoms with van der Waals surface area (Å²) in [4.78, 5) is 51.1. The third-order valence-corrected chi connectivity index (χ3v) is 4.65. The fourth-order valence-corrected chi connectivity index (χ4v) is 3.57. The van der Waals surface area contributed by atoms with Crippen LogP contribution in [0.1, 0.15) is 37.4 Å². The van der Waals surface area contributed by atoms with Crippen LogP contribution in [0.3, 0.4) is 0 Å². The first kappa shape index (κ1) is 25.2. The molecular formula is C17H23N3O11S. The highest BCUT2D eigenvalue weighted by atomic mass is 32.2. The lowest BCUT2D eigenvalue weighted by Gasteiger charge is -2.23. The molecule has 0 saturated carbocycles. The van der Waals surface area contributed by atoms with E-state index in [1.54, 1.807) is 6.92 Å². The number of aromatic nitrogens is 2. The van der Waals surface area contributed by atoms with Crippen molar-refractivity contribution in [3.8, 4) is 0 Å². The molecule has 0 bridgehead atoms. The molecular weight excluding hydrogens is 454 g/mol. The van der Waals surface area contributed by atoms with Crippen LogP contribution in [0.15, 0.2) is 11.0 Å². The summed E-state index contributed by atoms with van der Waals surface area (Å²) in [5, 5.41) is 0. The lowest BCUT2D eigenvalue weighted by Crippen LogP contribution is -2.42. The van der Waals surface area contributed by atoms with Gasteiger partial charge in [0.2, 0.25) is 0 Å².